The highest BCUT2D eigenvalue weighted by Crippen LogP contribution is 2.11. The molecule has 0 aliphatic rings. The molecule has 0 aliphatic carbocycles. The third-order valence-corrected chi connectivity index (χ3v) is 4.44. The summed E-state index contributed by atoms with van der Waals surface area (Å²) >= 11 is 0. The first-order valence-electron chi connectivity index (χ1n) is 9.09. The molecule has 0 spiro atoms. The number of likely N-dealkylation sites (N-methyl/N-ethyl adjacent to an activating group) is 1. The number of hydrogen-bond donors (Lipinski definition) is 0. The molecule has 0 atom stereocenters. The zero-order valence-corrected chi connectivity index (χ0v) is 15.8. The summed E-state index contributed by atoms with van der Waals surface area (Å²) in [4.78, 5) is 16.4. The molecule has 1 amide bonds. The average Bonchev–Trinajstić information content (AvgIpc) is 3.15. The number of nitrogens with zero attached hydrogens (tertiary/aromatic N) is 3. The molecule has 0 fully saturated rings. The van der Waals surface area contributed by atoms with Gasteiger partial charge in [0.2, 0.25) is 0 Å². The fourth-order valence-corrected chi connectivity index (χ4v) is 2.92. The summed E-state index contributed by atoms with van der Waals surface area (Å²) in [5, 5.41) is 3.96. The fourth-order valence-electron chi connectivity index (χ4n) is 2.92. The lowest BCUT2D eigenvalue weighted by Gasteiger charge is -2.15. The number of benzene rings is 2. The topological polar surface area (TPSA) is 49.6 Å². The van der Waals surface area contributed by atoms with E-state index in [1.165, 1.54) is 5.56 Å². The van der Waals surface area contributed by atoms with Crippen LogP contribution in [0.4, 0.5) is 0 Å². The van der Waals surface area contributed by atoms with E-state index in [0.717, 1.165) is 18.5 Å². The number of carbonyl (C=O) groups excluding carboxylic acids is 1. The van der Waals surface area contributed by atoms with Gasteiger partial charge >= 0.3 is 0 Å². The molecule has 0 saturated carbocycles. The minimum atomic E-state index is -0.138. The van der Waals surface area contributed by atoms with Crippen molar-refractivity contribution in [3.05, 3.63) is 89.3 Å². The molecule has 1 aromatic heterocycles. The van der Waals surface area contributed by atoms with E-state index >= 15 is 0 Å². The lowest BCUT2D eigenvalue weighted by atomic mass is 10.1. The van der Waals surface area contributed by atoms with Crippen LogP contribution in [-0.4, -0.2) is 41.5 Å². The van der Waals surface area contributed by atoms with Crippen LogP contribution in [0.15, 0.2) is 71.3 Å². The van der Waals surface area contributed by atoms with Gasteiger partial charge in [0.25, 0.3) is 5.91 Å². The lowest BCUT2D eigenvalue weighted by Crippen LogP contribution is -2.26. The van der Waals surface area contributed by atoms with E-state index in [4.69, 9.17) is 4.52 Å². The minimum absolute atomic E-state index is 0.138. The van der Waals surface area contributed by atoms with E-state index in [2.05, 4.69) is 34.3 Å². The number of carbonyl (C=O) groups is 1. The van der Waals surface area contributed by atoms with Crippen LogP contribution in [0, 0.1) is 0 Å². The highest BCUT2D eigenvalue weighted by molar-refractivity contribution is 5.92. The summed E-state index contributed by atoms with van der Waals surface area (Å²) in [5.74, 6) is 0.558. The van der Waals surface area contributed by atoms with Gasteiger partial charge in [-0.2, -0.15) is 0 Å². The van der Waals surface area contributed by atoms with Gasteiger partial charge in [0.1, 0.15) is 0 Å². The Balaban J connectivity index is 1.51. The molecule has 0 N–H and O–H groups in total. The molecule has 0 saturated heterocycles. The van der Waals surface area contributed by atoms with Gasteiger partial charge in [-0.3, -0.25) is 9.69 Å². The molecule has 2 aromatic carbocycles. The van der Waals surface area contributed by atoms with Gasteiger partial charge in [0, 0.05) is 26.2 Å². The first-order chi connectivity index (χ1) is 13.1. The summed E-state index contributed by atoms with van der Waals surface area (Å²) < 4.78 is 5.37. The molecule has 27 heavy (non-hydrogen) atoms. The second-order valence-electron chi connectivity index (χ2n) is 6.80. The van der Waals surface area contributed by atoms with Crippen LogP contribution >= 0.6 is 0 Å². The Hall–Kier alpha value is -2.92. The van der Waals surface area contributed by atoms with Gasteiger partial charge in [-0.15, -0.1) is 0 Å². The summed E-state index contributed by atoms with van der Waals surface area (Å²) in [6, 6.07) is 22.0. The second-order valence-corrected chi connectivity index (χ2v) is 6.80. The lowest BCUT2D eigenvalue weighted by molar-refractivity contribution is 0.0774. The minimum Gasteiger partial charge on any atom is -0.359 e. The maximum Gasteiger partial charge on any atom is 0.276 e. The van der Waals surface area contributed by atoms with Crippen LogP contribution in [-0.2, 0) is 19.5 Å². The number of rotatable bonds is 8. The van der Waals surface area contributed by atoms with Crippen molar-refractivity contribution in [3.8, 4) is 0 Å². The smallest absolute Gasteiger partial charge is 0.276 e. The van der Waals surface area contributed by atoms with Gasteiger partial charge in [-0.1, -0.05) is 65.8 Å². The highest BCUT2D eigenvalue weighted by Gasteiger charge is 2.17. The van der Waals surface area contributed by atoms with Gasteiger partial charge in [-0.25, -0.2) is 0 Å². The molecule has 0 radical (unpaired) electrons. The maximum atomic E-state index is 12.5. The first-order valence-corrected chi connectivity index (χ1v) is 9.09. The van der Waals surface area contributed by atoms with E-state index in [1.807, 2.05) is 43.4 Å². The van der Waals surface area contributed by atoms with Crippen molar-refractivity contribution in [2.45, 2.75) is 19.5 Å². The molecule has 140 valence electrons. The molecule has 0 aliphatic heterocycles. The Bertz CT molecular complexity index is 846. The number of amides is 1. The summed E-state index contributed by atoms with van der Waals surface area (Å²) in [7, 11) is 3.81. The Kier molecular flexibility index (Phi) is 6.39. The highest BCUT2D eigenvalue weighted by atomic mass is 16.5. The molecule has 3 rings (SSSR count). The predicted molar refractivity (Wildman–Crippen MR) is 105 cm³/mol. The molecule has 1 heterocycles. The molecular weight excluding hydrogens is 338 g/mol. The normalized spacial score (nSPS) is 10.9. The van der Waals surface area contributed by atoms with E-state index in [1.54, 1.807) is 18.0 Å². The van der Waals surface area contributed by atoms with Gasteiger partial charge in [-0.05, 0) is 24.6 Å². The van der Waals surface area contributed by atoms with E-state index in [9.17, 15) is 4.79 Å². The Labute approximate surface area is 160 Å². The van der Waals surface area contributed by atoms with E-state index < -0.39 is 0 Å². The van der Waals surface area contributed by atoms with Crippen LogP contribution in [0.2, 0.25) is 0 Å². The van der Waals surface area contributed by atoms with Crippen molar-refractivity contribution in [2.75, 3.05) is 20.6 Å². The van der Waals surface area contributed by atoms with Gasteiger partial charge in [0.15, 0.2) is 11.5 Å². The third-order valence-electron chi connectivity index (χ3n) is 4.44. The fraction of sp³-hybridized carbons (Fsp3) is 0.273. The molecule has 0 unspecified atom stereocenters. The van der Waals surface area contributed by atoms with Crippen molar-refractivity contribution in [1.82, 2.24) is 15.0 Å². The molecule has 5 heteroatoms. The largest absolute Gasteiger partial charge is 0.359 e. The summed E-state index contributed by atoms with van der Waals surface area (Å²) in [5.41, 5.74) is 2.73. The van der Waals surface area contributed by atoms with Crippen molar-refractivity contribution in [1.29, 1.82) is 0 Å². The van der Waals surface area contributed by atoms with Crippen molar-refractivity contribution >= 4 is 5.91 Å². The van der Waals surface area contributed by atoms with Gasteiger partial charge in [0.05, 0.1) is 6.54 Å². The van der Waals surface area contributed by atoms with Crippen LogP contribution in [0.5, 0.6) is 0 Å². The molecule has 3 aromatic rings. The van der Waals surface area contributed by atoms with Crippen LogP contribution in [0.1, 0.15) is 27.4 Å². The second kappa shape index (κ2) is 9.14. The van der Waals surface area contributed by atoms with Gasteiger partial charge < -0.3 is 9.42 Å². The maximum absolute atomic E-state index is 12.5. The Morgan fingerprint density at radius 3 is 2.22 bits per heavy atom. The number of hydrogen-bond acceptors (Lipinski definition) is 4. The van der Waals surface area contributed by atoms with Crippen LogP contribution in [0.25, 0.3) is 0 Å². The SMILES string of the molecule is CN(CCc1ccccc1)Cc1cc(C(=O)N(C)Cc2ccccc2)no1. The van der Waals surface area contributed by atoms with Crippen LogP contribution < -0.4 is 0 Å². The Morgan fingerprint density at radius 1 is 0.926 bits per heavy atom. The quantitative estimate of drug-likeness (QED) is 0.613. The third kappa shape index (κ3) is 5.53. The summed E-state index contributed by atoms with van der Waals surface area (Å²) in [6.07, 6.45) is 0.969. The van der Waals surface area contributed by atoms with E-state index in [-0.39, 0.29) is 5.91 Å². The predicted octanol–water partition coefficient (Wildman–Crippen LogP) is 3.62. The van der Waals surface area contributed by atoms with Crippen molar-refractivity contribution < 1.29 is 9.32 Å². The zero-order chi connectivity index (χ0) is 19.1. The summed E-state index contributed by atoms with van der Waals surface area (Å²) in [6.45, 7) is 2.07. The number of aromatic nitrogens is 1. The Morgan fingerprint density at radius 2 is 1.56 bits per heavy atom. The standard InChI is InChI=1S/C22H25N3O2/c1-24(14-13-18-9-5-3-6-10-18)17-20-15-21(23-27-20)22(26)25(2)16-19-11-7-4-8-12-19/h3-12,15H,13-14,16-17H2,1-2H3. The van der Waals surface area contributed by atoms with Crippen molar-refractivity contribution in [3.63, 3.8) is 0 Å². The molecular formula is C22H25N3O2. The zero-order valence-electron chi connectivity index (χ0n) is 15.8. The molecule has 0 bridgehead atoms. The van der Waals surface area contributed by atoms with E-state index in [0.29, 0.717) is 24.5 Å². The van der Waals surface area contributed by atoms with Crippen LogP contribution in [0.3, 0.4) is 0 Å². The van der Waals surface area contributed by atoms with Crippen molar-refractivity contribution in [2.24, 2.45) is 0 Å². The monoisotopic (exact) mass is 363 g/mol. The first kappa shape index (κ1) is 18.9. The molecule has 5 nitrogen and oxygen atoms in total. The average molecular weight is 363 g/mol.